The number of hydrogen-bond acceptors (Lipinski definition) is 3. The van der Waals surface area contributed by atoms with Crippen molar-refractivity contribution in [1.82, 2.24) is 4.98 Å². The van der Waals surface area contributed by atoms with Crippen LogP contribution in [0.1, 0.15) is 36.9 Å². The quantitative estimate of drug-likeness (QED) is 0.760. The van der Waals surface area contributed by atoms with E-state index in [1.54, 1.807) is 11.3 Å². The van der Waals surface area contributed by atoms with Crippen LogP contribution in [-0.4, -0.2) is 4.98 Å². The average Bonchev–Trinajstić information content (AvgIpc) is 2.48. The summed E-state index contributed by atoms with van der Waals surface area (Å²) in [6, 6.07) is 0. The van der Waals surface area contributed by atoms with Crippen LogP contribution in [0.5, 0.6) is 0 Å². The van der Waals surface area contributed by atoms with Crippen molar-refractivity contribution in [3.05, 3.63) is 16.1 Å². The molecular formula is C9H14N2S. The van der Waals surface area contributed by atoms with Gasteiger partial charge in [-0.2, -0.15) is 0 Å². The maximum absolute atomic E-state index is 6.14. The number of rotatable bonds is 2. The van der Waals surface area contributed by atoms with Crippen molar-refractivity contribution in [2.24, 2.45) is 5.73 Å². The molecule has 1 saturated carbocycles. The molecule has 0 saturated heterocycles. The van der Waals surface area contributed by atoms with Gasteiger partial charge in [0.15, 0.2) is 0 Å². The van der Waals surface area contributed by atoms with E-state index in [-0.39, 0.29) is 5.54 Å². The number of aryl methyl sites for hydroxylation is 1. The summed E-state index contributed by atoms with van der Waals surface area (Å²) in [4.78, 5) is 4.52. The van der Waals surface area contributed by atoms with Crippen molar-refractivity contribution < 1.29 is 0 Å². The van der Waals surface area contributed by atoms with Crippen LogP contribution in [0, 0.1) is 0 Å². The highest BCUT2D eigenvalue weighted by molar-refractivity contribution is 7.09. The average molecular weight is 182 g/mol. The van der Waals surface area contributed by atoms with Gasteiger partial charge in [0.05, 0.1) is 16.2 Å². The van der Waals surface area contributed by atoms with Gasteiger partial charge in [-0.25, -0.2) is 4.98 Å². The van der Waals surface area contributed by atoms with Gasteiger partial charge >= 0.3 is 0 Å². The molecule has 1 aromatic rings. The summed E-state index contributed by atoms with van der Waals surface area (Å²) in [5.41, 5.74) is 7.19. The molecule has 66 valence electrons. The van der Waals surface area contributed by atoms with E-state index in [1.807, 2.05) is 0 Å². The third-order valence-electron chi connectivity index (χ3n) is 2.61. The molecule has 0 unspecified atom stereocenters. The van der Waals surface area contributed by atoms with Crippen LogP contribution in [0.25, 0.3) is 0 Å². The second kappa shape index (κ2) is 2.82. The zero-order chi connectivity index (χ0) is 8.60. The van der Waals surface area contributed by atoms with E-state index in [1.165, 1.54) is 11.4 Å². The normalized spacial score (nSPS) is 20.5. The van der Waals surface area contributed by atoms with E-state index >= 15 is 0 Å². The highest BCUT2D eigenvalue weighted by atomic mass is 32.1. The summed E-state index contributed by atoms with van der Waals surface area (Å²) in [5.74, 6) is 0. The fourth-order valence-electron chi connectivity index (χ4n) is 1.52. The Morgan fingerprint density at radius 1 is 1.67 bits per heavy atom. The molecule has 0 atom stereocenters. The topological polar surface area (TPSA) is 38.9 Å². The first-order valence-corrected chi connectivity index (χ1v) is 5.36. The first-order chi connectivity index (χ1) is 5.74. The second-order valence-corrected chi connectivity index (χ2v) is 4.43. The molecule has 1 aromatic heterocycles. The molecular weight excluding hydrogens is 168 g/mol. The van der Waals surface area contributed by atoms with E-state index in [9.17, 15) is 0 Å². The predicted molar refractivity (Wildman–Crippen MR) is 51.2 cm³/mol. The van der Waals surface area contributed by atoms with Gasteiger partial charge in [0.2, 0.25) is 0 Å². The molecule has 1 aliphatic carbocycles. The maximum atomic E-state index is 6.14. The molecule has 1 heterocycles. The van der Waals surface area contributed by atoms with Crippen LogP contribution >= 0.6 is 11.3 Å². The van der Waals surface area contributed by atoms with Crippen LogP contribution in [0.4, 0.5) is 0 Å². The van der Waals surface area contributed by atoms with Crippen LogP contribution in [0.3, 0.4) is 0 Å². The first-order valence-electron chi connectivity index (χ1n) is 4.48. The molecule has 1 aliphatic rings. The van der Waals surface area contributed by atoms with Gasteiger partial charge in [0, 0.05) is 5.38 Å². The first kappa shape index (κ1) is 8.20. The molecule has 2 N–H and O–H groups in total. The molecule has 1 fully saturated rings. The molecule has 0 aromatic carbocycles. The molecule has 0 amide bonds. The predicted octanol–water partition coefficient (Wildman–Crippen LogP) is 2.04. The summed E-state index contributed by atoms with van der Waals surface area (Å²) in [6.45, 7) is 2.13. The Morgan fingerprint density at radius 2 is 2.42 bits per heavy atom. The third kappa shape index (κ3) is 1.17. The van der Waals surface area contributed by atoms with Crippen molar-refractivity contribution in [2.75, 3.05) is 0 Å². The second-order valence-electron chi connectivity index (χ2n) is 3.49. The summed E-state index contributed by atoms with van der Waals surface area (Å²) >= 11 is 1.73. The summed E-state index contributed by atoms with van der Waals surface area (Å²) < 4.78 is 0. The monoisotopic (exact) mass is 182 g/mol. The Bertz CT molecular complexity index is 276. The number of hydrogen-bond donors (Lipinski definition) is 1. The minimum Gasteiger partial charge on any atom is -0.320 e. The van der Waals surface area contributed by atoms with Crippen LogP contribution in [0.15, 0.2) is 5.38 Å². The number of nitrogens with zero attached hydrogens (tertiary/aromatic N) is 1. The minimum atomic E-state index is -0.0656. The molecule has 0 bridgehead atoms. The Kier molecular flexibility index (Phi) is 1.93. The third-order valence-corrected chi connectivity index (χ3v) is 3.60. The van der Waals surface area contributed by atoms with Gasteiger partial charge in [-0.15, -0.1) is 11.3 Å². The fraction of sp³-hybridized carbons (Fsp3) is 0.667. The lowest BCUT2D eigenvalue weighted by molar-refractivity contribution is 0.247. The fourth-order valence-corrected chi connectivity index (χ4v) is 2.37. The number of thiazole rings is 1. The SMILES string of the molecule is CCc1nc(C2(N)CCC2)cs1. The Morgan fingerprint density at radius 3 is 2.83 bits per heavy atom. The highest BCUT2D eigenvalue weighted by Crippen LogP contribution is 2.38. The Hall–Kier alpha value is -0.410. The summed E-state index contributed by atoms with van der Waals surface area (Å²) in [6.07, 6.45) is 4.51. The number of nitrogens with two attached hydrogens (primary N) is 1. The van der Waals surface area contributed by atoms with Gasteiger partial charge < -0.3 is 5.73 Å². The molecule has 2 rings (SSSR count). The molecule has 12 heavy (non-hydrogen) atoms. The smallest absolute Gasteiger partial charge is 0.0926 e. The van der Waals surface area contributed by atoms with E-state index in [2.05, 4.69) is 17.3 Å². The zero-order valence-electron chi connectivity index (χ0n) is 7.34. The van der Waals surface area contributed by atoms with Crippen molar-refractivity contribution in [2.45, 2.75) is 38.1 Å². The van der Waals surface area contributed by atoms with Gasteiger partial charge in [-0.1, -0.05) is 6.92 Å². The molecule has 0 aliphatic heterocycles. The minimum absolute atomic E-state index is 0.0656. The van der Waals surface area contributed by atoms with E-state index < -0.39 is 0 Å². The standard InChI is InChI=1S/C9H14N2S/c1-2-8-11-7(6-12-8)9(10)4-3-5-9/h6H,2-5,10H2,1H3. The Balaban J connectivity index is 2.22. The maximum Gasteiger partial charge on any atom is 0.0926 e. The lowest BCUT2D eigenvalue weighted by atomic mass is 9.76. The molecule has 0 radical (unpaired) electrons. The summed E-state index contributed by atoms with van der Waals surface area (Å²) in [7, 11) is 0. The van der Waals surface area contributed by atoms with E-state index in [4.69, 9.17) is 5.73 Å². The largest absolute Gasteiger partial charge is 0.320 e. The van der Waals surface area contributed by atoms with Crippen molar-refractivity contribution in [3.63, 3.8) is 0 Å². The Labute approximate surface area is 76.8 Å². The van der Waals surface area contributed by atoms with E-state index in [0.717, 1.165) is 25.0 Å². The van der Waals surface area contributed by atoms with Gasteiger partial charge in [0.25, 0.3) is 0 Å². The van der Waals surface area contributed by atoms with Gasteiger partial charge in [0.1, 0.15) is 0 Å². The lowest BCUT2D eigenvalue weighted by Gasteiger charge is -2.36. The lowest BCUT2D eigenvalue weighted by Crippen LogP contribution is -2.43. The van der Waals surface area contributed by atoms with Gasteiger partial charge in [-0.05, 0) is 25.7 Å². The van der Waals surface area contributed by atoms with Crippen molar-refractivity contribution in [1.29, 1.82) is 0 Å². The summed E-state index contributed by atoms with van der Waals surface area (Å²) in [5, 5.41) is 3.33. The van der Waals surface area contributed by atoms with Crippen molar-refractivity contribution >= 4 is 11.3 Å². The zero-order valence-corrected chi connectivity index (χ0v) is 8.16. The van der Waals surface area contributed by atoms with Crippen molar-refractivity contribution in [3.8, 4) is 0 Å². The van der Waals surface area contributed by atoms with Crippen LogP contribution in [0.2, 0.25) is 0 Å². The number of aromatic nitrogens is 1. The van der Waals surface area contributed by atoms with Gasteiger partial charge in [-0.3, -0.25) is 0 Å². The molecule has 0 spiro atoms. The van der Waals surface area contributed by atoms with E-state index in [0.29, 0.717) is 0 Å². The van der Waals surface area contributed by atoms with Crippen LogP contribution < -0.4 is 5.73 Å². The van der Waals surface area contributed by atoms with Crippen LogP contribution in [-0.2, 0) is 12.0 Å². The molecule has 3 heteroatoms. The highest BCUT2D eigenvalue weighted by Gasteiger charge is 2.36. The molecule has 2 nitrogen and oxygen atoms in total.